The van der Waals surface area contributed by atoms with Crippen molar-refractivity contribution in [1.82, 2.24) is 15.2 Å². The van der Waals surface area contributed by atoms with Crippen molar-refractivity contribution in [1.29, 1.82) is 0 Å². The van der Waals surface area contributed by atoms with E-state index in [0.717, 1.165) is 22.3 Å². The number of nitrogen functional groups attached to an aromatic ring is 1. The zero-order valence-electron chi connectivity index (χ0n) is 17.0. The number of aromatic nitrogens is 1. The number of rotatable bonds is 7. The van der Waals surface area contributed by atoms with Gasteiger partial charge in [-0.3, -0.25) is 9.69 Å². The topological polar surface area (TPSA) is 122 Å². The van der Waals surface area contributed by atoms with E-state index >= 15 is 0 Å². The molecule has 2 aromatic rings. The number of benzene rings is 1. The van der Waals surface area contributed by atoms with Gasteiger partial charge in [-0.25, -0.2) is 18.2 Å². The van der Waals surface area contributed by atoms with E-state index in [1.54, 1.807) is 18.3 Å². The van der Waals surface area contributed by atoms with E-state index in [9.17, 15) is 18.0 Å². The number of pyridine rings is 1. The summed E-state index contributed by atoms with van der Waals surface area (Å²) in [6, 6.07) is 11.6. The highest BCUT2D eigenvalue weighted by molar-refractivity contribution is 7.90. The molecule has 1 aromatic heterocycles. The maximum absolute atomic E-state index is 12.8. The minimum atomic E-state index is -3.23. The number of anilines is 1. The van der Waals surface area contributed by atoms with Crippen LogP contribution in [0.2, 0.25) is 0 Å². The van der Waals surface area contributed by atoms with Crippen molar-refractivity contribution in [3.05, 3.63) is 59.8 Å². The smallest absolute Gasteiger partial charge is 0.324 e. The van der Waals surface area contributed by atoms with E-state index in [-0.39, 0.29) is 24.1 Å². The van der Waals surface area contributed by atoms with Crippen molar-refractivity contribution >= 4 is 27.6 Å². The van der Waals surface area contributed by atoms with Crippen molar-refractivity contribution in [3.63, 3.8) is 0 Å². The molecule has 3 rings (SSSR count). The molecule has 0 bridgehead atoms. The molecule has 1 aromatic carbocycles. The van der Waals surface area contributed by atoms with Gasteiger partial charge < -0.3 is 11.1 Å². The second-order valence-electron chi connectivity index (χ2n) is 7.68. The van der Waals surface area contributed by atoms with Crippen LogP contribution in [0.4, 0.5) is 10.6 Å². The van der Waals surface area contributed by atoms with Crippen molar-refractivity contribution in [2.24, 2.45) is 5.92 Å². The summed E-state index contributed by atoms with van der Waals surface area (Å²) in [5.41, 5.74) is 7.45. The molecule has 8 nitrogen and oxygen atoms in total. The normalized spacial score (nSPS) is 19.8. The largest absolute Gasteiger partial charge is 0.384 e. The van der Waals surface area contributed by atoms with Gasteiger partial charge in [-0.2, -0.15) is 0 Å². The first-order valence-electron chi connectivity index (χ1n) is 9.72. The molecule has 1 fully saturated rings. The van der Waals surface area contributed by atoms with Crippen LogP contribution in [0.5, 0.6) is 0 Å². The quantitative estimate of drug-likeness (QED) is 0.647. The lowest BCUT2D eigenvalue weighted by atomic mass is 9.81. The average Bonchev–Trinajstić information content (AvgIpc) is 2.68. The van der Waals surface area contributed by atoms with Crippen LogP contribution in [0, 0.1) is 5.92 Å². The number of hydrogen-bond acceptors (Lipinski definition) is 6. The third kappa shape index (κ3) is 5.15. The Balaban J connectivity index is 1.74. The molecule has 0 radical (unpaired) electrons. The Morgan fingerprint density at radius 2 is 1.97 bits per heavy atom. The molecule has 0 saturated carbocycles. The molecular formula is C21H26N4O4S. The Kier molecular flexibility index (Phi) is 6.40. The molecule has 3 atom stereocenters. The molecular weight excluding hydrogens is 404 g/mol. The summed E-state index contributed by atoms with van der Waals surface area (Å²) in [5, 5.41) is 2.84. The van der Waals surface area contributed by atoms with Crippen LogP contribution in [0.1, 0.15) is 30.5 Å². The monoisotopic (exact) mass is 430 g/mol. The minimum Gasteiger partial charge on any atom is -0.384 e. The Morgan fingerprint density at radius 1 is 1.27 bits per heavy atom. The van der Waals surface area contributed by atoms with Crippen LogP contribution in [-0.4, -0.2) is 48.3 Å². The number of likely N-dealkylation sites (tertiary alicyclic amines) is 1. The summed E-state index contributed by atoms with van der Waals surface area (Å²) in [4.78, 5) is 30.7. The van der Waals surface area contributed by atoms with Crippen LogP contribution >= 0.6 is 0 Å². The summed E-state index contributed by atoms with van der Waals surface area (Å²) in [5.74, 6) is -0.552. The Morgan fingerprint density at radius 3 is 2.60 bits per heavy atom. The fourth-order valence-electron chi connectivity index (χ4n) is 3.70. The number of hydrogen-bond donors (Lipinski definition) is 2. The predicted molar refractivity (Wildman–Crippen MR) is 114 cm³/mol. The van der Waals surface area contributed by atoms with Gasteiger partial charge in [-0.05, 0) is 43.0 Å². The third-order valence-corrected chi connectivity index (χ3v) is 6.27. The minimum absolute atomic E-state index is 0.0993. The molecule has 0 aliphatic carbocycles. The summed E-state index contributed by atoms with van der Waals surface area (Å²) in [6.07, 6.45) is 3.28. The van der Waals surface area contributed by atoms with Gasteiger partial charge in [-0.1, -0.05) is 30.3 Å². The summed E-state index contributed by atoms with van der Waals surface area (Å²) >= 11 is 0. The first-order valence-corrected chi connectivity index (χ1v) is 11.8. The lowest BCUT2D eigenvalue weighted by molar-refractivity contribution is -0.150. The van der Waals surface area contributed by atoms with E-state index in [1.165, 1.54) is 0 Å². The van der Waals surface area contributed by atoms with Crippen LogP contribution < -0.4 is 11.1 Å². The van der Waals surface area contributed by atoms with Gasteiger partial charge in [0.25, 0.3) is 0 Å². The highest BCUT2D eigenvalue weighted by Gasteiger charge is 2.50. The zero-order valence-corrected chi connectivity index (χ0v) is 17.8. The highest BCUT2D eigenvalue weighted by Crippen LogP contribution is 2.33. The van der Waals surface area contributed by atoms with Gasteiger partial charge >= 0.3 is 6.03 Å². The van der Waals surface area contributed by atoms with E-state index < -0.39 is 27.8 Å². The Labute approximate surface area is 176 Å². The molecule has 9 heteroatoms. The SMILES string of the molecule is C[C@@H](NC(=O)N1C(=O)[C@H](Cc2ccnc(N)c2)[C@H]1CCS(C)(=O)=O)c1ccccc1. The second kappa shape index (κ2) is 8.83. The average molecular weight is 431 g/mol. The standard InChI is InChI=1S/C21H26N4O4S/c1-14(16-6-4-3-5-7-16)24-21(27)25-18(9-11-30(2,28)29)17(20(25)26)12-15-8-10-23-19(22)13-15/h3-8,10,13-14,17-18H,9,11-12H2,1-2H3,(H2,22,23)(H,24,27)/t14-,17-,18-/m1/s1. The highest BCUT2D eigenvalue weighted by atomic mass is 32.2. The predicted octanol–water partition coefficient (Wildman–Crippen LogP) is 1.94. The molecule has 0 unspecified atom stereocenters. The van der Waals surface area contributed by atoms with Crippen molar-refractivity contribution < 1.29 is 18.0 Å². The summed E-state index contributed by atoms with van der Waals surface area (Å²) in [6.45, 7) is 1.83. The molecule has 30 heavy (non-hydrogen) atoms. The van der Waals surface area contributed by atoms with E-state index in [0.29, 0.717) is 12.2 Å². The van der Waals surface area contributed by atoms with Gasteiger partial charge in [0.05, 0.1) is 23.8 Å². The number of sulfone groups is 1. The molecule has 2 heterocycles. The number of carbonyl (C=O) groups excluding carboxylic acids is 2. The maximum atomic E-state index is 12.8. The van der Waals surface area contributed by atoms with Crippen LogP contribution in [-0.2, 0) is 21.1 Å². The number of nitrogens with two attached hydrogens (primary N) is 1. The summed E-state index contributed by atoms with van der Waals surface area (Å²) < 4.78 is 23.4. The number of nitrogens with one attached hydrogen (secondary N) is 1. The van der Waals surface area contributed by atoms with E-state index in [2.05, 4.69) is 10.3 Å². The fourth-order valence-corrected chi connectivity index (χ4v) is 4.37. The molecule has 3 amide bonds. The first-order chi connectivity index (χ1) is 14.2. The number of urea groups is 1. The van der Waals surface area contributed by atoms with Crippen molar-refractivity contribution in [2.45, 2.75) is 31.8 Å². The lowest BCUT2D eigenvalue weighted by Gasteiger charge is -2.46. The maximum Gasteiger partial charge on any atom is 0.324 e. The zero-order chi connectivity index (χ0) is 21.9. The van der Waals surface area contributed by atoms with Gasteiger partial charge in [0, 0.05) is 12.5 Å². The lowest BCUT2D eigenvalue weighted by Crippen LogP contribution is -2.66. The molecule has 0 spiro atoms. The number of carbonyl (C=O) groups is 2. The summed E-state index contributed by atoms with van der Waals surface area (Å²) in [7, 11) is -3.23. The van der Waals surface area contributed by atoms with Gasteiger partial charge in [-0.15, -0.1) is 0 Å². The van der Waals surface area contributed by atoms with Gasteiger partial charge in [0.15, 0.2) is 0 Å². The number of nitrogens with zero attached hydrogens (tertiary/aromatic N) is 2. The molecule has 1 saturated heterocycles. The second-order valence-corrected chi connectivity index (χ2v) is 9.94. The van der Waals surface area contributed by atoms with Crippen LogP contribution in [0.15, 0.2) is 48.7 Å². The Hall–Kier alpha value is -2.94. The molecule has 160 valence electrons. The third-order valence-electron chi connectivity index (χ3n) is 5.29. The number of β-lactam (4-membered cyclic amide) rings is 1. The fraction of sp³-hybridized carbons (Fsp3) is 0.381. The molecule has 1 aliphatic rings. The molecule has 1 aliphatic heterocycles. The van der Waals surface area contributed by atoms with Crippen LogP contribution in [0.25, 0.3) is 0 Å². The van der Waals surface area contributed by atoms with Crippen molar-refractivity contribution in [2.75, 3.05) is 17.7 Å². The van der Waals surface area contributed by atoms with E-state index in [4.69, 9.17) is 5.73 Å². The Bertz CT molecular complexity index is 1030. The van der Waals surface area contributed by atoms with E-state index in [1.807, 2.05) is 37.3 Å². The number of amides is 3. The van der Waals surface area contributed by atoms with Crippen molar-refractivity contribution in [3.8, 4) is 0 Å². The number of imide groups is 1. The van der Waals surface area contributed by atoms with Gasteiger partial charge in [0.1, 0.15) is 15.7 Å². The van der Waals surface area contributed by atoms with Crippen LogP contribution in [0.3, 0.4) is 0 Å². The molecule has 3 N–H and O–H groups in total. The first kappa shape index (κ1) is 21.8. The van der Waals surface area contributed by atoms with Gasteiger partial charge in [0.2, 0.25) is 5.91 Å².